The normalized spacial score (nSPS) is 10.1. The van der Waals surface area contributed by atoms with Crippen LogP contribution in [-0.4, -0.2) is 10.5 Å². The molecule has 0 atom stereocenters. The highest BCUT2D eigenvalue weighted by atomic mass is 16.1. The van der Waals surface area contributed by atoms with Crippen molar-refractivity contribution in [1.82, 2.24) is 9.88 Å². The Morgan fingerprint density at radius 3 is 2.56 bits per heavy atom. The second-order valence-electron chi connectivity index (χ2n) is 3.67. The third-order valence-corrected chi connectivity index (χ3v) is 2.47. The van der Waals surface area contributed by atoms with Gasteiger partial charge >= 0.3 is 0 Å². The molecule has 82 valence electrons. The van der Waals surface area contributed by atoms with E-state index in [1.807, 2.05) is 49.6 Å². The van der Waals surface area contributed by atoms with Crippen molar-refractivity contribution in [3.63, 3.8) is 0 Å². The largest absolute Gasteiger partial charge is 0.347 e. The molecule has 0 aliphatic rings. The van der Waals surface area contributed by atoms with Crippen molar-refractivity contribution in [3.8, 4) is 0 Å². The average molecular weight is 214 g/mol. The average Bonchev–Trinajstić information content (AvgIpc) is 2.74. The summed E-state index contributed by atoms with van der Waals surface area (Å²) in [7, 11) is 1.86. The van der Waals surface area contributed by atoms with Crippen LogP contribution in [0.4, 0.5) is 0 Å². The van der Waals surface area contributed by atoms with Crippen molar-refractivity contribution < 1.29 is 4.79 Å². The van der Waals surface area contributed by atoms with Gasteiger partial charge in [-0.1, -0.05) is 30.3 Å². The molecule has 0 aliphatic carbocycles. The number of nitrogens with zero attached hydrogens (tertiary/aromatic N) is 1. The topological polar surface area (TPSA) is 34.0 Å². The molecule has 0 saturated carbocycles. The number of carbonyl (C=O) groups excluding carboxylic acids is 1. The van der Waals surface area contributed by atoms with E-state index in [9.17, 15) is 4.79 Å². The Hall–Kier alpha value is -2.03. The second kappa shape index (κ2) is 4.66. The third kappa shape index (κ3) is 2.31. The molecule has 1 N–H and O–H groups in total. The summed E-state index contributed by atoms with van der Waals surface area (Å²) in [6, 6.07) is 13.5. The van der Waals surface area contributed by atoms with Gasteiger partial charge in [-0.05, 0) is 17.7 Å². The van der Waals surface area contributed by atoms with E-state index < -0.39 is 0 Å². The molecule has 3 heteroatoms. The molecule has 0 unspecified atom stereocenters. The first kappa shape index (κ1) is 10.5. The van der Waals surface area contributed by atoms with E-state index in [4.69, 9.17) is 0 Å². The number of aryl methyl sites for hydroxylation is 1. The molecule has 0 radical (unpaired) electrons. The van der Waals surface area contributed by atoms with E-state index in [-0.39, 0.29) is 5.91 Å². The Bertz CT molecular complexity index is 474. The maximum atomic E-state index is 11.8. The highest BCUT2D eigenvalue weighted by molar-refractivity contribution is 5.92. The summed E-state index contributed by atoms with van der Waals surface area (Å²) in [5, 5.41) is 2.88. The zero-order valence-electron chi connectivity index (χ0n) is 9.18. The molecular formula is C13H14N2O. The molecule has 2 rings (SSSR count). The summed E-state index contributed by atoms with van der Waals surface area (Å²) in [5.41, 5.74) is 1.78. The standard InChI is InChI=1S/C13H14N2O/c1-15-9-5-8-12(15)13(16)14-10-11-6-3-2-4-7-11/h2-9H,10H2,1H3,(H,14,16). The predicted octanol–water partition coefficient (Wildman–Crippen LogP) is 1.96. The van der Waals surface area contributed by atoms with Gasteiger partial charge in [0.1, 0.15) is 5.69 Å². The summed E-state index contributed by atoms with van der Waals surface area (Å²) in [6.45, 7) is 0.560. The predicted molar refractivity (Wildman–Crippen MR) is 63.0 cm³/mol. The van der Waals surface area contributed by atoms with Gasteiger partial charge in [-0.3, -0.25) is 4.79 Å². The summed E-state index contributed by atoms with van der Waals surface area (Å²) in [4.78, 5) is 11.8. The minimum atomic E-state index is -0.0450. The van der Waals surface area contributed by atoms with Gasteiger partial charge in [0.05, 0.1) is 0 Å². The third-order valence-electron chi connectivity index (χ3n) is 2.47. The maximum absolute atomic E-state index is 11.8. The Morgan fingerprint density at radius 1 is 1.19 bits per heavy atom. The number of hydrogen-bond acceptors (Lipinski definition) is 1. The number of hydrogen-bond donors (Lipinski definition) is 1. The molecule has 0 bridgehead atoms. The Kier molecular flexibility index (Phi) is 3.05. The summed E-state index contributed by atoms with van der Waals surface area (Å²) < 4.78 is 1.81. The van der Waals surface area contributed by atoms with Gasteiger partial charge in [0.25, 0.3) is 5.91 Å². The lowest BCUT2D eigenvalue weighted by Crippen LogP contribution is -2.24. The number of carbonyl (C=O) groups is 1. The molecule has 0 saturated heterocycles. The molecule has 1 aromatic carbocycles. The van der Waals surface area contributed by atoms with Crippen LogP contribution in [-0.2, 0) is 13.6 Å². The molecule has 0 spiro atoms. The monoisotopic (exact) mass is 214 g/mol. The van der Waals surface area contributed by atoms with Crippen LogP contribution >= 0.6 is 0 Å². The summed E-state index contributed by atoms with van der Waals surface area (Å²) >= 11 is 0. The van der Waals surface area contributed by atoms with Crippen molar-refractivity contribution in [1.29, 1.82) is 0 Å². The van der Waals surface area contributed by atoms with Crippen molar-refractivity contribution in [2.24, 2.45) is 7.05 Å². The Balaban J connectivity index is 1.97. The van der Waals surface area contributed by atoms with E-state index in [1.165, 1.54) is 0 Å². The SMILES string of the molecule is Cn1cccc1C(=O)NCc1ccccc1. The number of amides is 1. The van der Waals surface area contributed by atoms with Crippen molar-refractivity contribution >= 4 is 5.91 Å². The highest BCUT2D eigenvalue weighted by Crippen LogP contribution is 2.01. The van der Waals surface area contributed by atoms with Gasteiger partial charge < -0.3 is 9.88 Å². The molecule has 16 heavy (non-hydrogen) atoms. The van der Waals surface area contributed by atoms with Crippen molar-refractivity contribution in [2.75, 3.05) is 0 Å². The smallest absolute Gasteiger partial charge is 0.268 e. The molecule has 2 aromatic rings. The van der Waals surface area contributed by atoms with Crippen LogP contribution in [0.1, 0.15) is 16.1 Å². The van der Waals surface area contributed by atoms with Crippen LogP contribution in [0.5, 0.6) is 0 Å². The molecule has 0 fully saturated rings. The van der Waals surface area contributed by atoms with Gasteiger partial charge in [0, 0.05) is 19.8 Å². The zero-order valence-corrected chi connectivity index (χ0v) is 9.18. The first-order valence-corrected chi connectivity index (χ1v) is 5.21. The highest BCUT2D eigenvalue weighted by Gasteiger charge is 2.07. The maximum Gasteiger partial charge on any atom is 0.268 e. The van der Waals surface area contributed by atoms with Gasteiger partial charge in [-0.2, -0.15) is 0 Å². The fraction of sp³-hybridized carbons (Fsp3) is 0.154. The second-order valence-corrected chi connectivity index (χ2v) is 3.67. The van der Waals surface area contributed by atoms with Gasteiger partial charge in [-0.15, -0.1) is 0 Å². The zero-order chi connectivity index (χ0) is 11.4. The van der Waals surface area contributed by atoms with Crippen molar-refractivity contribution in [2.45, 2.75) is 6.54 Å². The van der Waals surface area contributed by atoms with Gasteiger partial charge in [0.15, 0.2) is 0 Å². The van der Waals surface area contributed by atoms with E-state index >= 15 is 0 Å². The van der Waals surface area contributed by atoms with Gasteiger partial charge in [0.2, 0.25) is 0 Å². The van der Waals surface area contributed by atoms with Crippen LogP contribution in [0.2, 0.25) is 0 Å². The van der Waals surface area contributed by atoms with E-state index in [2.05, 4.69) is 5.32 Å². The van der Waals surface area contributed by atoms with E-state index in [1.54, 1.807) is 10.6 Å². The number of aromatic nitrogens is 1. The van der Waals surface area contributed by atoms with Crippen LogP contribution in [0, 0.1) is 0 Å². The molecule has 3 nitrogen and oxygen atoms in total. The lowest BCUT2D eigenvalue weighted by atomic mass is 10.2. The van der Waals surface area contributed by atoms with Crippen molar-refractivity contribution in [3.05, 3.63) is 59.9 Å². The van der Waals surface area contributed by atoms with E-state index in [0.29, 0.717) is 12.2 Å². The van der Waals surface area contributed by atoms with Crippen LogP contribution < -0.4 is 5.32 Å². The molecule has 1 amide bonds. The first-order chi connectivity index (χ1) is 7.77. The fourth-order valence-corrected chi connectivity index (χ4v) is 1.57. The Labute approximate surface area is 94.7 Å². The van der Waals surface area contributed by atoms with Crippen LogP contribution in [0.25, 0.3) is 0 Å². The molecular weight excluding hydrogens is 200 g/mol. The lowest BCUT2D eigenvalue weighted by Gasteiger charge is -2.05. The first-order valence-electron chi connectivity index (χ1n) is 5.21. The minimum Gasteiger partial charge on any atom is -0.347 e. The van der Waals surface area contributed by atoms with Crippen LogP contribution in [0.3, 0.4) is 0 Å². The van der Waals surface area contributed by atoms with E-state index in [0.717, 1.165) is 5.56 Å². The Morgan fingerprint density at radius 2 is 1.94 bits per heavy atom. The molecule has 1 aromatic heterocycles. The summed E-state index contributed by atoms with van der Waals surface area (Å²) in [5.74, 6) is -0.0450. The quantitative estimate of drug-likeness (QED) is 0.832. The number of benzene rings is 1. The minimum absolute atomic E-state index is 0.0450. The fourth-order valence-electron chi connectivity index (χ4n) is 1.57. The number of rotatable bonds is 3. The molecule has 1 heterocycles. The van der Waals surface area contributed by atoms with Crippen LogP contribution in [0.15, 0.2) is 48.7 Å². The molecule has 0 aliphatic heterocycles. The summed E-state index contributed by atoms with van der Waals surface area (Å²) in [6.07, 6.45) is 1.86. The lowest BCUT2D eigenvalue weighted by molar-refractivity contribution is 0.0943. The number of nitrogens with one attached hydrogen (secondary N) is 1. The van der Waals surface area contributed by atoms with Gasteiger partial charge in [-0.25, -0.2) is 0 Å².